The van der Waals surface area contributed by atoms with E-state index in [-0.39, 0.29) is 18.5 Å². The number of aromatic nitrogens is 4. The molecule has 0 saturated carbocycles. The average Bonchev–Trinajstić information content (AvgIpc) is 3.14. The average molecular weight is 356 g/mol. The van der Waals surface area contributed by atoms with Gasteiger partial charge in [0.2, 0.25) is 0 Å². The summed E-state index contributed by atoms with van der Waals surface area (Å²) in [4.78, 5) is 20.3. The molecular formula is C18H21FN6O. The lowest BCUT2D eigenvalue weighted by atomic mass is 10.1. The third kappa shape index (κ3) is 3.25. The molecule has 0 aliphatic carbocycles. The molecule has 3 aromatic rings. The second kappa shape index (κ2) is 7.35. The second-order valence-corrected chi connectivity index (χ2v) is 6.47. The van der Waals surface area contributed by atoms with Gasteiger partial charge in [0.25, 0.3) is 0 Å². The molecule has 1 aliphatic heterocycles. The van der Waals surface area contributed by atoms with Crippen LogP contribution in [0.4, 0.5) is 10.2 Å². The van der Waals surface area contributed by atoms with Crippen molar-refractivity contribution in [1.29, 1.82) is 0 Å². The number of anilines is 1. The van der Waals surface area contributed by atoms with Crippen molar-refractivity contribution in [3.05, 3.63) is 48.3 Å². The molecule has 8 heteroatoms. The Labute approximate surface area is 150 Å². The van der Waals surface area contributed by atoms with E-state index in [4.69, 9.17) is 0 Å². The van der Waals surface area contributed by atoms with Crippen molar-refractivity contribution in [2.45, 2.75) is 19.0 Å². The second-order valence-electron chi connectivity index (χ2n) is 6.47. The van der Waals surface area contributed by atoms with Crippen LogP contribution in [0.2, 0.25) is 0 Å². The number of hydrogen-bond acceptors (Lipinski definition) is 6. The molecule has 1 aliphatic rings. The van der Waals surface area contributed by atoms with E-state index in [2.05, 4.69) is 29.7 Å². The first-order chi connectivity index (χ1) is 12.8. The third-order valence-corrected chi connectivity index (χ3v) is 4.90. The Morgan fingerprint density at radius 2 is 2.08 bits per heavy atom. The molecule has 1 saturated heterocycles. The van der Waals surface area contributed by atoms with E-state index < -0.39 is 0 Å². The van der Waals surface area contributed by atoms with Crippen molar-refractivity contribution in [3.63, 3.8) is 0 Å². The number of fused-ring (bicyclic) bond motifs is 1. The van der Waals surface area contributed by atoms with Gasteiger partial charge in [0.1, 0.15) is 17.7 Å². The van der Waals surface area contributed by atoms with E-state index in [1.165, 1.54) is 12.4 Å². The maximum Gasteiger partial charge on any atom is 0.182 e. The van der Waals surface area contributed by atoms with Crippen molar-refractivity contribution in [2.75, 3.05) is 31.1 Å². The lowest BCUT2D eigenvalue weighted by molar-refractivity contribution is 0.134. The lowest BCUT2D eigenvalue weighted by Crippen LogP contribution is -2.53. The van der Waals surface area contributed by atoms with Crippen molar-refractivity contribution in [2.24, 2.45) is 0 Å². The lowest BCUT2D eigenvalue weighted by Gasteiger charge is -2.42. The highest BCUT2D eigenvalue weighted by atomic mass is 19.1. The number of H-pyrrole nitrogens is 1. The predicted octanol–water partition coefficient (Wildman–Crippen LogP) is 1.57. The maximum atomic E-state index is 14.0. The van der Waals surface area contributed by atoms with E-state index in [1.54, 1.807) is 12.4 Å². The highest BCUT2D eigenvalue weighted by molar-refractivity contribution is 5.82. The molecule has 0 amide bonds. The largest absolute Gasteiger partial charge is 0.396 e. The Hall–Kier alpha value is -2.58. The van der Waals surface area contributed by atoms with Crippen molar-refractivity contribution >= 4 is 17.0 Å². The molecule has 4 rings (SSSR count). The summed E-state index contributed by atoms with van der Waals surface area (Å²) in [7, 11) is 0. The topological polar surface area (TPSA) is 81.2 Å². The Morgan fingerprint density at radius 1 is 1.19 bits per heavy atom. The molecule has 2 aromatic heterocycles. The number of piperazine rings is 1. The Kier molecular flexibility index (Phi) is 4.77. The fourth-order valence-corrected chi connectivity index (χ4v) is 3.55. The molecule has 7 nitrogen and oxygen atoms in total. The number of aliphatic hydroxyl groups excluding tert-OH is 1. The smallest absolute Gasteiger partial charge is 0.182 e. The molecular weight excluding hydrogens is 335 g/mol. The van der Waals surface area contributed by atoms with E-state index in [9.17, 15) is 9.50 Å². The minimum Gasteiger partial charge on any atom is -0.396 e. The highest BCUT2D eigenvalue weighted by Gasteiger charge is 2.29. The van der Waals surface area contributed by atoms with E-state index in [0.717, 1.165) is 24.4 Å². The first-order valence-corrected chi connectivity index (χ1v) is 8.73. The van der Waals surface area contributed by atoms with Gasteiger partial charge in [0, 0.05) is 44.4 Å². The summed E-state index contributed by atoms with van der Waals surface area (Å²) in [6.45, 7) is 2.87. The molecule has 26 heavy (non-hydrogen) atoms. The summed E-state index contributed by atoms with van der Waals surface area (Å²) in [5.74, 6) is 0.633. The highest BCUT2D eigenvalue weighted by Crippen LogP contribution is 2.25. The zero-order valence-corrected chi connectivity index (χ0v) is 14.3. The van der Waals surface area contributed by atoms with Crippen LogP contribution in [0.1, 0.15) is 12.0 Å². The molecule has 2 N–H and O–H groups in total. The van der Waals surface area contributed by atoms with Crippen LogP contribution in [0, 0.1) is 5.82 Å². The molecule has 1 fully saturated rings. The molecule has 3 heterocycles. The standard InChI is InChI=1S/C18H21FN6O/c19-15-4-2-1-3-13(15)9-24-6-7-25(10-14(24)5-8-26)18-16-17(21-11-20-16)22-12-23-18/h1-4,11-12,14,26H,5-10H2,(H,20,21,22,23)/t14-/m1/s1. The number of rotatable bonds is 5. The van der Waals surface area contributed by atoms with Crippen LogP contribution >= 0.6 is 0 Å². The first-order valence-electron chi connectivity index (χ1n) is 8.73. The number of nitrogens with one attached hydrogen (secondary N) is 1. The van der Waals surface area contributed by atoms with Gasteiger partial charge in [-0.3, -0.25) is 4.90 Å². The fourth-order valence-electron chi connectivity index (χ4n) is 3.55. The summed E-state index contributed by atoms with van der Waals surface area (Å²) in [5.41, 5.74) is 2.14. The molecule has 136 valence electrons. The zero-order valence-electron chi connectivity index (χ0n) is 14.3. The molecule has 1 atom stereocenters. The number of aromatic amines is 1. The number of hydrogen-bond donors (Lipinski definition) is 2. The van der Waals surface area contributed by atoms with Crippen LogP contribution in [0.25, 0.3) is 11.2 Å². The van der Waals surface area contributed by atoms with Gasteiger partial charge in [0.05, 0.1) is 6.33 Å². The minimum absolute atomic E-state index is 0.0928. The number of imidazole rings is 1. The van der Waals surface area contributed by atoms with Gasteiger partial charge in [-0.2, -0.15) is 0 Å². The van der Waals surface area contributed by atoms with E-state index >= 15 is 0 Å². The van der Waals surface area contributed by atoms with Gasteiger partial charge in [-0.05, 0) is 12.5 Å². The maximum absolute atomic E-state index is 14.0. The van der Waals surface area contributed by atoms with Crippen LogP contribution in [-0.4, -0.2) is 62.2 Å². The number of halogens is 1. The van der Waals surface area contributed by atoms with Crippen LogP contribution < -0.4 is 4.90 Å². The number of aliphatic hydroxyl groups is 1. The predicted molar refractivity (Wildman–Crippen MR) is 96.2 cm³/mol. The Morgan fingerprint density at radius 3 is 2.92 bits per heavy atom. The molecule has 0 radical (unpaired) electrons. The number of benzene rings is 1. The van der Waals surface area contributed by atoms with Gasteiger partial charge < -0.3 is 15.0 Å². The fraction of sp³-hybridized carbons (Fsp3) is 0.389. The molecule has 0 bridgehead atoms. The summed E-state index contributed by atoms with van der Waals surface area (Å²) in [6, 6.07) is 6.97. The summed E-state index contributed by atoms with van der Waals surface area (Å²) in [6.07, 6.45) is 3.76. The zero-order chi connectivity index (χ0) is 17.9. The quantitative estimate of drug-likeness (QED) is 0.722. The Bertz CT molecular complexity index is 885. The van der Waals surface area contributed by atoms with Gasteiger partial charge in [-0.15, -0.1) is 0 Å². The van der Waals surface area contributed by atoms with E-state index in [1.807, 2.05) is 12.1 Å². The Balaban J connectivity index is 1.55. The van der Waals surface area contributed by atoms with Gasteiger partial charge in [-0.25, -0.2) is 19.3 Å². The monoisotopic (exact) mass is 356 g/mol. The summed E-state index contributed by atoms with van der Waals surface area (Å²) >= 11 is 0. The first kappa shape index (κ1) is 16.9. The van der Waals surface area contributed by atoms with Crippen molar-refractivity contribution < 1.29 is 9.50 Å². The van der Waals surface area contributed by atoms with Crippen LogP contribution in [-0.2, 0) is 6.54 Å². The van der Waals surface area contributed by atoms with Gasteiger partial charge >= 0.3 is 0 Å². The van der Waals surface area contributed by atoms with Crippen molar-refractivity contribution in [3.8, 4) is 0 Å². The van der Waals surface area contributed by atoms with Gasteiger partial charge in [0.15, 0.2) is 11.5 Å². The summed E-state index contributed by atoms with van der Waals surface area (Å²) < 4.78 is 14.0. The normalized spacial score (nSPS) is 18.5. The summed E-state index contributed by atoms with van der Waals surface area (Å²) in [5, 5.41) is 9.49. The van der Waals surface area contributed by atoms with Crippen LogP contribution in [0.5, 0.6) is 0 Å². The van der Waals surface area contributed by atoms with Crippen molar-refractivity contribution in [1.82, 2.24) is 24.8 Å². The SMILES string of the molecule is OCC[C@@H]1CN(c2ncnc3nc[nH]c23)CCN1Cc1ccccc1F. The van der Waals surface area contributed by atoms with E-state index in [0.29, 0.717) is 30.7 Å². The number of nitrogens with zero attached hydrogens (tertiary/aromatic N) is 5. The molecule has 0 unspecified atom stereocenters. The van der Waals surface area contributed by atoms with Crippen LogP contribution in [0.3, 0.4) is 0 Å². The van der Waals surface area contributed by atoms with Crippen LogP contribution in [0.15, 0.2) is 36.9 Å². The molecule has 0 spiro atoms. The third-order valence-electron chi connectivity index (χ3n) is 4.90. The van der Waals surface area contributed by atoms with Gasteiger partial charge in [-0.1, -0.05) is 18.2 Å². The molecule has 1 aromatic carbocycles. The minimum atomic E-state index is -0.187.